The fourth-order valence-electron chi connectivity index (χ4n) is 6.01. The second-order valence-electron chi connectivity index (χ2n) is 13.2. The van der Waals surface area contributed by atoms with Crippen LogP contribution < -0.4 is 11.1 Å². The number of benzene rings is 4. The van der Waals surface area contributed by atoms with E-state index in [4.69, 9.17) is 5.73 Å². The van der Waals surface area contributed by atoms with Crippen LogP contribution >= 0.6 is 0 Å². The fraction of sp³-hybridized carbons (Fsp3) is 0.333. The Morgan fingerprint density at radius 3 is 2.13 bits per heavy atom. The topological polar surface area (TPSA) is 38.0 Å². The van der Waals surface area contributed by atoms with Gasteiger partial charge in [-0.05, 0) is 121 Å². The van der Waals surface area contributed by atoms with Gasteiger partial charge in [-0.1, -0.05) is 136 Å². The molecule has 0 bridgehead atoms. The molecule has 3 N–H and O–H groups in total. The third-order valence-corrected chi connectivity index (χ3v) is 9.16. The average Bonchev–Trinajstić information content (AvgIpc) is 3.07. The highest BCUT2D eigenvalue weighted by molar-refractivity contribution is 5.84. The van der Waals surface area contributed by atoms with Crippen LogP contribution in [0.4, 0.5) is 11.4 Å². The molecule has 0 aliphatic heterocycles. The second-order valence-corrected chi connectivity index (χ2v) is 13.2. The molecule has 246 valence electrons. The fourth-order valence-corrected chi connectivity index (χ4v) is 6.01. The Morgan fingerprint density at radius 1 is 0.745 bits per heavy atom. The van der Waals surface area contributed by atoms with Gasteiger partial charge in [0.2, 0.25) is 0 Å². The molecule has 0 fully saturated rings. The number of nitrogens with two attached hydrogens (primary N) is 1. The minimum absolute atomic E-state index is 0.746. The van der Waals surface area contributed by atoms with E-state index < -0.39 is 0 Å². The van der Waals surface area contributed by atoms with Gasteiger partial charge in [0, 0.05) is 17.9 Å². The first kappa shape index (κ1) is 35.6. The van der Waals surface area contributed by atoms with Crippen molar-refractivity contribution in [3.63, 3.8) is 0 Å². The molecule has 0 heterocycles. The van der Waals surface area contributed by atoms with Crippen molar-refractivity contribution in [2.75, 3.05) is 17.6 Å². The van der Waals surface area contributed by atoms with Gasteiger partial charge in [0.05, 0.1) is 0 Å². The van der Waals surface area contributed by atoms with E-state index in [0.29, 0.717) is 0 Å². The second kappa shape index (κ2) is 18.7. The molecular formula is C45H56N2. The molecule has 0 saturated heterocycles. The molecule has 0 saturated carbocycles. The first-order valence-electron chi connectivity index (χ1n) is 17.7. The third-order valence-electron chi connectivity index (χ3n) is 9.16. The molecule has 2 nitrogen and oxygen atoms in total. The number of hydrogen-bond donors (Lipinski definition) is 2. The van der Waals surface area contributed by atoms with E-state index in [1.165, 1.54) is 72.4 Å². The van der Waals surface area contributed by atoms with Crippen molar-refractivity contribution in [2.24, 2.45) is 0 Å². The summed E-state index contributed by atoms with van der Waals surface area (Å²) in [5, 5.41) is 6.25. The Morgan fingerprint density at radius 2 is 1.45 bits per heavy atom. The Labute approximate surface area is 285 Å². The monoisotopic (exact) mass is 624 g/mol. The zero-order chi connectivity index (χ0) is 33.4. The van der Waals surface area contributed by atoms with Crippen molar-refractivity contribution < 1.29 is 0 Å². The molecule has 4 aromatic rings. The summed E-state index contributed by atoms with van der Waals surface area (Å²) in [5.74, 6) is 0. The molecule has 47 heavy (non-hydrogen) atoms. The summed E-state index contributed by atoms with van der Waals surface area (Å²) in [6.45, 7) is 17.6. The minimum Gasteiger partial charge on any atom is -0.398 e. The maximum Gasteiger partial charge on any atom is 0.0355 e. The van der Waals surface area contributed by atoms with Crippen molar-refractivity contribution in [3.05, 3.63) is 144 Å². The summed E-state index contributed by atoms with van der Waals surface area (Å²) >= 11 is 0. The molecule has 0 unspecified atom stereocenters. The van der Waals surface area contributed by atoms with Gasteiger partial charge < -0.3 is 11.1 Å². The SMILES string of the molecule is C=C(C)C(=C)CCCCCCc1ccc2cc(CCNc3ccc(C(=C)Cc4ccc(/C=C/CCCCC)cc4N)cc3)ccc2c1. The highest BCUT2D eigenvalue weighted by atomic mass is 14.9. The van der Waals surface area contributed by atoms with Gasteiger partial charge in [-0.2, -0.15) is 0 Å². The zero-order valence-corrected chi connectivity index (χ0v) is 29.1. The molecule has 0 aliphatic rings. The van der Waals surface area contributed by atoms with Crippen LogP contribution in [0, 0.1) is 0 Å². The summed E-state index contributed by atoms with van der Waals surface area (Å²) in [6.07, 6.45) is 18.3. The smallest absolute Gasteiger partial charge is 0.0355 e. The van der Waals surface area contributed by atoms with Crippen LogP contribution in [0.2, 0.25) is 0 Å². The number of nitrogen functional groups attached to an aromatic ring is 1. The minimum atomic E-state index is 0.746. The van der Waals surface area contributed by atoms with E-state index in [0.717, 1.165) is 77.9 Å². The van der Waals surface area contributed by atoms with Crippen LogP contribution in [0.25, 0.3) is 22.4 Å². The lowest BCUT2D eigenvalue weighted by molar-refractivity contribution is 0.640. The van der Waals surface area contributed by atoms with Gasteiger partial charge in [-0.15, -0.1) is 0 Å². The van der Waals surface area contributed by atoms with E-state index in [1.54, 1.807) is 0 Å². The number of aryl methyl sites for hydroxylation is 1. The van der Waals surface area contributed by atoms with Gasteiger partial charge >= 0.3 is 0 Å². The van der Waals surface area contributed by atoms with E-state index >= 15 is 0 Å². The number of rotatable bonds is 20. The standard InChI is InChI=1S/C45H56N2/c1-6-7-8-9-13-17-38-20-23-43(45(46)33-38)30-36(5)40-24-26-44(27-25-40)47-29-28-39-19-22-41-31-37(18-21-42(41)32-39)16-14-11-10-12-15-35(4)34(2)3/h13,17-27,31-33,47H,2,4-12,14-16,28-30,46H2,1,3H3/b17-13+. The van der Waals surface area contributed by atoms with Crippen molar-refractivity contribution in [2.45, 2.75) is 90.9 Å². The van der Waals surface area contributed by atoms with E-state index in [1.807, 2.05) is 6.92 Å². The number of nitrogens with one attached hydrogen (secondary N) is 1. The largest absolute Gasteiger partial charge is 0.398 e. The predicted molar refractivity (Wildman–Crippen MR) is 210 cm³/mol. The van der Waals surface area contributed by atoms with Crippen LogP contribution in [0.1, 0.15) is 99.5 Å². The molecule has 0 atom stereocenters. The van der Waals surface area contributed by atoms with Crippen molar-refractivity contribution in [3.8, 4) is 0 Å². The van der Waals surface area contributed by atoms with Gasteiger partial charge in [0.1, 0.15) is 0 Å². The number of unbranched alkanes of at least 4 members (excludes halogenated alkanes) is 6. The average molecular weight is 625 g/mol. The third kappa shape index (κ3) is 11.8. The quantitative estimate of drug-likeness (QED) is 0.0583. The van der Waals surface area contributed by atoms with Gasteiger partial charge in [0.15, 0.2) is 0 Å². The summed E-state index contributed by atoms with van der Waals surface area (Å²) in [5.41, 5.74) is 18.0. The van der Waals surface area contributed by atoms with Crippen LogP contribution in [-0.2, 0) is 19.3 Å². The number of anilines is 2. The highest BCUT2D eigenvalue weighted by Gasteiger charge is 2.06. The van der Waals surface area contributed by atoms with Crippen molar-refractivity contribution in [1.29, 1.82) is 0 Å². The maximum atomic E-state index is 6.42. The van der Waals surface area contributed by atoms with Crippen molar-refractivity contribution >= 4 is 33.8 Å². The molecule has 0 aliphatic carbocycles. The molecular weight excluding hydrogens is 569 g/mol. The predicted octanol–water partition coefficient (Wildman–Crippen LogP) is 12.6. The summed E-state index contributed by atoms with van der Waals surface area (Å²) in [6, 6.07) is 28.8. The molecule has 2 heteroatoms. The summed E-state index contributed by atoms with van der Waals surface area (Å²) < 4.78 is 0. The van der Waals surface area contributed by atoms with Crippen LogP contribution in [0.3, 0.4) is 0 Å². The number of fused-ring (bicyclic) bond motifs is 1. The lowest BCUT2D eigenvalue weighted by atomic mass is 9.97. The van der Waals surface area contributed by atoms with Gasteiger partial charge in [-0.3, -0.25) is 0 Å². The first-order valence-corrected chi connectivity index (χ1v) is 17.7. The molecule has 0 spiro atoms. The molecule has 0 aromatic heterocycles. The summed E-state index contributed by atoms with van der Waals surface area (Å²) in [4.78, 5) is 0. The van der Waals surface area contributed by atoms with Crippen LogP contribution in [0.15, 0.2) is 116 Å². The molecule has 0 radical (unpaired) electrons. The van der Waals surface area contributed by atoms with Crippen LogP contribution in [-0.4, -0.2) is 6.54 Å². The summed E-state index contributed by atoms with van der Waals surface area (Å²) in [7, 11) is 0. The Bertz CT molecular complexity index is 1650. The van der Waals surface area contributed by atoms with E-state index in [-0.39, 0.29) is 0 Å². The lowest BCUT2D eigenvalue weighted by Crippen LogP contribution is -2.05. The van der Waals surface area contributed by atoms with Gasteiger partial charge in [-0.25, -0.2) is 0 Å². The Balaban J connectivity index is 1.19. The molecule has 4 aromatic carbocycles. The molecule has 0 amide bonds. The highest BCUT2D eigenvalue weighted by Crippen LogP contribution is 2.25. The Hall–Kier alpha value is -4.30. The lowest BCUT2D eigenvalue weighted by Gasteiger charge is -2.12. The number of hydrogen-bond acceptors (Lipinski definition) is 2. The molecule has 4 rings (SSSR count). The van der Waals surface area contributed by atoms with E-state index in [2.05, 4.69) is 123 Å². The van der Waals surface area contributed by atoms with E-state index in [9.17, 15) is 0 Å². The van der Waals surface area contributed by atoms with Gasteiger partial charge in [0.25, 0.3) is 0 Å². The maximum absolute atomic E-state index is 6.42. The first-order chi connectivity index (χ1) is 22.8. The van der Waals surface area contributed by atoms with Crippen molar-refractivity contribution in [1.82, 2.24) is 0 Å². The van der Waals surface area contributed by atoms with Crippen LogP contribution in [0.5, 0.6) is 0 Å². The Kier molecular flexibility index (Phi) is 14.2. The number of allylic oxidation sites excluding steroid dienone is 4. The zero-order valence-electron chi connectivity index (χ0n) is 29.1. The normalized spacial score (nSPS) is 11.3.